The van der Waals surface area contributed by atoms with Crippen LogP contribution in [0.15, 0.2) is 24.5 Å². The summed E-state index contributed by atoms with van der Waals surface area (Å²) in [5.41, 5.74) is 1.15. The molecule has 0 bridgehead atoms. The lowest BCUT2D eigenvalue weighted by molar-refractivity contribution is 0.354. The van der Waals surface area contributed by atoms with Crippen LogP contribution in [-0.4, -0.2) is 35.9 Å². The molecule has 1 unspecified atom stereocenters. The zero-order valence-electron chi connectivity index (χ0n) is 12.0. The molecule has 0 aliphatic rings. The van der Waals surface area contributed by atoms with Crippen LogP contribution < -0.4 is 14.8 Å². The van der Waals surface area contributed by atoms with E-state index in [4.69, 9.17) is 9.47 Å². The van der Waals surface area contributed by atoms with Crippen molar-refractivity contribution >= 4 is 0 Å². The molecule has 2 rings (SSSR count). The van der Waals surface area contributed by atoms with Crippen LogP contribution in [-0.2, 0) is 6.42 Å². The lowest BCUT2D eigenvalue weighted by Crippen LogP contribution is -2.21. The second kappa shape index (κ2) is 6.91. The van der Waals surface area contributed by atoms with Gasteiger partial charge in [0.25, 0.3) is 0 Å². The van der Waals surface area contributed by atoms with Crippen molar-refractivity contribution in [2.24, 2.45) is 0 Å². The summed E-state index contributed by atoms with van der Waals surface area (Å²) in [6, 6.07) is 6.17. The van der Waals surface area contributed by atoms with Crippen LogP contribution in [0.25, 0.3) is 0 Å². The molecule has 0 aliphatic heterocycles. The minimum atomic E-state index is 0.220. The summed E-state index contributed by atoms with van der Waals surface area (Å²) in [6.07, 6.45) is 2.34. The first-order valence-corrected chi connectivity index (χ1v) is 6.54. The second-order valence-corrected chi connectivity index (χ2v) is 4.47. The van der Waals surface area contributed by atoms with Crippen molar-refractivity contribution in [1.29, 1.82) is 0 Å². The number of aromatic nitrogens is 3. The van der Waals surface area contributed by atoms with E-state index in [1.54, 1.807) is 14.2 Å². The SMILES string of the molecule is COc1ccc(C(C)NCCc2ncn[nH]2)cc1OC. The largest absolute Gasteiger partial charge is 0.493 e. The third-order valence-electron chi connectivity index (χ3n) is 3.18. The molecular formula is C14H20N4O2. The van der Waals surface area contributed by atoms with Crippen LogP contribution in [0.5, 0.6) is 11.5 Å². The molecule has 2 N–H and O–H groups in total. The van der Waals surface area contributed by atoms with Crippen molar-refractivity contribution in [3.63, 3.8) is 0 Å². The van der Waals surface area contributed by atoms with Crippen molar-refractivity contribution in [2.45, 2.75) is 19.4 Å². The Morgan fingerprint density at radius 3 is 2.70 bits per heavy atom. The van der Waals surface area contributed by atoms with Crippen LogP contribution in [0.2, 0.25) is 0 Å². The number of hydrogen-bond acceptors (Lipinski definition) is 5. The van der Waals surface area contributed by atoms with Crippen molar-refractivity contribution < 1.29 is 9.47 Å². The lowest BCUT2D eigenvalue weighted by atomic mass is 10.1. The van der Waals surface area contributed by atoms with Gasteiger partial charge in [0, 0.05) is 19.0 Å². The number of methoxy groups -OCH3 is 2. The molecule has 108 valence electrons. The first-order valence-electron chi connectivity index (χ1n) is 6.54. The third kappa shape index (κ3) is 3.48. The first kappa shape index (κ1) is 14.3. The Kier molecular flexibility index (Phi) is 4.95. The van der Waals surface area contributed by atoms with Crippen LogP contribution in [0.4, 0.5) is 0 Å². The zero-order chi connectivity index (χ0) is 14.4. The number of benzene rings is 1. The highest BCUT2D eigenvalue weighted by atomic mass is 16.5. The molecule has 0 saturated heterocycles. The minimum Gasteiger partial charge on any atom is -0.493 e. The van der Waals surface area contributed by atoms with Crippen LogP contribution in [0.1, 0.15) is 24.4 Å². The van der Waals surface area contributed by atoms with Crippen molar-refractivity contribution in [3.8, 4) is 11.5 Å². The van der Waals surface area contributed by atoms with E-state index in [0.717, 1.165) is 35.9 Å². The van der Waals surface area contributed by atoms with Crippen LogP contribution >= 0.6 is 0 Å². The van der Waals surface area contributed by atoms with Gasteiger partial charge in [-0.1, -0.05) is 6.07 Å². The molecule has 1 heterocycles. The van der Waals surface area contributed by atoms with Gasteiger partial charge in [-0.25, -0.2) is 4.98 Å². The Morgan fingerprint density at radius 2 is 2.05 bits per heavy atom. The average molecular weight is 276 g/mol. The normalized spacial score (nSPS) is 12.2. The van der Waals surface area contributed by atoms with E-state index in [0.29, 0.717) is 0 Å². The molecule has 0 radical (unpaired) electrons. The molecule has 0 saturated carbocycles. The molecular weight excluding hydrogens is 256 g/mol. The van der Waals surface area contributed by atoms with Crippen LogP contribution in [0, 0.1) is 0 Å². The number of nitrogens with zero attached hydrogens (tertiary/aromatic N) is 2. The molecule has 2 aromatic rings. The van der Waals surface area contributed by atoms with E-state index >= 15 is 0 Å². The van der Waals surface area contributed by atoms with E-state index in [2.05, 4.69) is 27.4 Å². The summed E-state index contributed by atoms with van der Waals surface area (Å²) in [4.78, 5) is 4.09. The highest BCUT2D eigenvalue weighted by Gasteiger charge is 2.09. The maximum atomic E-state index is 5.31. The Labute approximate surface area is 118 Å². The van der Waals surface area contributed by atoms with Gasteiger partial charge in [-0.15, -0.1) is 0 Å². The molecule has 1 aromatic carbocycles. The van der Waals surface area contributed by atoms with Crippen molar-refractivity contribution in [1.82, 2.24) is 20.5 Å². The summed E-state index contributed by atoms with van der Waals surface area (Å²) in [5.74, 6) is 2.37. The molecule has 6 nitrogen and oxygen atoms in total. The molecule has 20 heavy (non-hydrogen) atoms. The second-order valence-electron chi connectivity index (χ2n) is 4.47. The molecule has 1 aromatic heterocycles. The average Bonchev–Trinajstić information content (AvgIpc) is 2.99. The van der Waals surface area contributed by atoms with Gasteiger partial charge in [-0.2, -0.15) is 5.10 Å². The number of nitrogens with one attached hydrogen (secondary N) is 2. The third-order valence-corrected chi connectivity index (χ3v) is 3.18. The molecule has 0 aliphatic carbocycles. The predicted octanol–water partition coefficient (Wildman–Crippen LogP) is 1.72. The van der Waals surface area contributed by atoms with Gasteiger partial charge >= 0.3 is 0 Å². The van der Waals surface area contributed by atoms with E-state index in [1.165, 1.54) is 6.33 Å². The van der Waals surface area contributed by atoms with Crippen molar-refractivity contribution in [2.75, 3.05) is 20.8 Å². The zero-order valence-corrected chi connectivity index (χ0v) is 12.0. The summed E-state index contributed by atoms with van der Waals surface area (Å²) < 4.78 is 10.6. The Balaban J connectivity index is 1.93. The summed E-state index contributed by atoms with van der Waals surface area (Å²) in [7, 11) is 3.28. The quantitative estimate of drug-likeness (QED) is 0.805. The number of ether oxygens (including phenoxy) is 2. The highest BCUT2D eigenvalue weighted by molar-refractivity contribution is 5.43. The Bertz CT molecular complexity index is 528. The molecule has 1 atom stereocenters. The number of hydrogen-bond donors (Lipinski definition) is 2. The Hall–Kier alpha value is -2.08. The molecule has 6 heteroatoms. The van der Waals surface area contributed by atoms with Gasteiger partial charge in [0.05, 0.1) is 14.2 Å². The fourth-order valence-corrected chi connectivity index (χ4v) is 2.00. The predicted molar refractivity (Wildman–Crippen MR) is 76.1 cm³/mol. The monoisotopic (exact) mass is 276 g/mol. The minimum absolute atomic E-state index is 0.220. The van der Waals surface area contributed by atoms with E-state index in [9.17, 15) is 0 Å². The van der Waals surface area contributed by atoms with Gasteiger partial charge in [0.1, 0.15) is 12.2 Å². The summed E-state index contributed by atoms with van der Waals surface area (Å²) in [5, 5.41) is 10.1. The fourth-order valence-electron chi connectivity index (χ4n) is 2.00. The summed E-state index contributed by atoms with van der Waals surface area (Å²) in [6.45, 7) is 2.94. The lowest BCUT2D eigenvalue weighted by Gasteiger charge is -2.16. The van der Waals surface area contributed by atoms with E-state index in [-0.39, 0.29) is 6.04 Å². The number of aromatic amines is 1. The van der Waals surface area contributed by atoms with Crippen LogP contribution in [0.3, 0.4) is 0 Å². The summed E-state index contributed by atoms with van der Waals surface area (Å²) >= 11 is 0. The number of rotatable bonds is 7. The van der Waals surface area contributed by atoms with E-state index < -0.39 is 0 Å². The van der Waals surface area contributed by atoms with Gasteiger partial charge < -0.3 is 14.8 Å². The first-order chi connectivity index (χ1) is 9.74. The highest BCUT2D eigenvalue weighted by Crippen LogP contribution is 2.29. The van der Waals surface area contributed by atoms with Gasteiger partial charge in [0.2, 0.25) is 0 Å². The maximum Gasteiger partial charge on any atom is 0.161 e. The van der Waals surface area contributed by atoms with Gasteiger partial charge in [-0.05, 0) is 24.6 Å². The maximum absolute atomic E-state index is 5.31. The van der Waals surface area contributed by atoms with Gasteiger partial charge in [-0.3, -0.25) is 5.10 Å². The standard InChI is InChI=1S/C14H20N4O2/c1-10(15-7-6-14-16-9-17-18-14)11-4-5-12(19-2)13(8-11)20-3/h4-5,8-10,15H,6-7H2,1-3H3,(H,16,17,18). The number of H-pyrrole nitrogens is 1. The smallest absolute Gasteiger partial charge is 0.161 e. The molecule has 0 spiro atoms. The molecule has 0 fully saturated rings. The molecule has 0 amide bonds. The Morgan fingerprint density at radius 1 is 1.25 bits per heavy atom. The van der Waals surface area contributed by atoms with Crippen molar-refractivity contribution in [3.05, 3.63) is 35.9 Å². The topological polar surface area (TPSA) is 72.1 Å². The van der Waals surface area contributed by atoms with Gasteiger partial charge in [0.15, 0.2) is 11.5 Å². The fraction of sp³-hybridized carbons (Fsp3) is 0.429. The van der Waals surface area contributed by atoms with E-state index in [1.807, 2.05) is 18.2 Å².